The van der Waals surface area contributed by atoms with E-state index in [1.807, 2.05) is 43.3 Å². The topological polar surface area (TPSA) is 128 Å². The minimum absolute atomic E-state index is 0. The molecule has 3 aromatic carbocycles. The number of carbonyl (C=O) groups excluding carboxylic acids is 1. The second kappa shape index (κ2) is 14.4. The highest BCUT2D eigenvalue weighted by molar-refractivity contribution is 7.85. The van der Waals surface area contributed by atoms with Gasteiger partial charge in [0.25, 0.3) is 10.1 Å². The minimum Gasteiger partial charge on any atom is -0.445 e. The number of hydrogen-bond donors (Lipinski definition) is 3. The van der Waals surface area contributed by atoms with E-state index >= 15 is 0 Å². The third-order valence-electron chi connectivity index (χ3n) is 4.83. The minimum atomic E-state index is -4.02. The van der Waals surface area contributed by atoms with Crippen molar-refractivity contribution in [3.8, 4) is 0 Å². The molecule has 0 aromatic heterocycles. The van der Waals surface area contributed by atoms with Crippen LogP contribution in [0, 0.1) is 6.92 Å². The lowest BCUT2D eigenvalue weighted by Gasteiger charge is -2.17. The predicted octanol–water partition coefficient (Wildman–Crippen LogP) is 7.55. The second-order valence-corrected chi connectivity index (χ2v) is 11.5. The molecule has 0 spiro atoms. The normalized spacial score (nSPS) is 11.8. The molecule has 3 rings (SSSR count). The van der Waals surface area contributed by atoms with Gasteiger partial charge in [0, 0.05) is 11.6 Å². The fourth-order valence-corrected chi connectivity index (χ4v) is 3.84. The summed E-state index contributed by atoms with van der Waals surface area (Å²) in [6.45, 7) is 3.66. The molecule has 7 nitrogen and oxygen atoms in total. The Bertz CT molecular complexity index is 1200. The molecule has 0 radical (unpaired) electrons. The maximum atomic E-state index is 11.8. The Morgan fingerprint density at radius 3 is 2.08 bits per heavy atom. The van der Waals surface area contributed by atoms with Gasteiger partial charge in [0.2, 0.25) is 3.79 Å². The zero-order valence-electron chi connectivity index (χ0n) is 19.8. The summed E-state index contributed by atoms with van der Waals surface area (Å²) in [5, 5.41) is 2.65. The van der Waals surface area contributed by atoms with Crippen molar-refractivity contribution < 1.29 is 22.5 Å². The van der Waals surface area contributed by atoms with E-state index < -0.39 is 20.0 Å². The van der Waals surface area contributed by atoms with E-state index in [2.05, 4.69) is 24.4 Å². The van der Waals surface area contributed by atoms with Gasteiger partial charge >= 0.3 is 6.09 Å². The van der Waals surface area contributed by atoms with E-state index in [1.165, 1.54) is 17.7 Å². The molecular weight excluding hydrogens is 547 g/mol. The molecule has 0 fully saturated rings. The number of carbonyl (C=O) groups is 1. The Labute approximate surface area is 227 Å². The number of aryl methyl sites for hydroxylation is 1. The number of nitrogens with one attached hydrogen (secondary N) is 1. The summed E-state index contributed by atoms with van der Waals surface area (Å²) in [4.78, 5) is 11.7. The summed E-state index contributed by atoms with van der Waals surface area (Å²) in [7, 11) is -4.02. The Morgan fingerprint density at radius 2 is 1.56 bits per heavy atom. The first-order valence-corrected chi connectivity index (χ1v) is 13.2. The zero-order valence-corrected chi connectivity index (χ0v) is 22.9. The van der Waals surface area contributed by atoms with Gasteiger partial charge in [-0.25, -0.2) is 4.79 Å². The third kappa shape index (κ3) is 11.2. The standard InChI is InChI=1S/C18H18Cl3NO2.C7H8O3S.H3N/c1-2-16(13-7-4-3-5-8-13)14-9-6-10-15(11-14)22-17(23)24-12-18(19,20)21;1-6-2-4-7(5-3-6)11(8,9)10;/h3-11,16H,2,12H2,1H3,(H,22,23);2-5H,1H3,(H,8,9,10);1H3. The van der Waals surface area contributed by atoms with E-state index in [-0.39, 0.29) is 23.6 Å². The maximum Gasteiger partial charge on any atom is 0.411 e. The molecule has 196 valence electrons. The van der Waals surface area contributed by atoms with Crippen molar-refractivity contribution in [2.45, 2.75) is 34.9 Å². The molecule has 1 amide bonds. The number of amides is 1. The van der Waals surface area contributed by atoms with Gasteiger partial charge in [0.05, 0.1) is 4.90 Å². The molecule has 0 aliphatic heterocycles. The predicted molar refractivity (Wildman–Crippen MR) is 146 cm³/mol. The van der Waals surface area contributed by atoms with Crippen molar-refractivity contribution in [3.05, 3.63) is 95.6 Å². The van der Waals surface area contributed by atoms with Crippen LogP contribution in [0.4, 0.5) is 10.5 Å². The fraction of sp³-hybridized carbons (Fsp3) is 0.240. The van der Waals surface area contributed by atoms with Crippen LogP contribution >= 0.6 is 34.8 Å². The SMILES string of the molecule is CCC(c1ccccc1)c1cccc(NC(=O)OCC(Cl)(Cl)Cl)c1.Cc1ccc(S(=O)(=O)O)cc1.N. The van der Waals surface area contributed by atoms with Gasteiger partial charge in [-0.1, -0.05) is 102 Å². The number of ether oxygens (including phenoxy) is 1. The lowest BCUT2D eigenvalue weighted by atomic mass is 9.89. The highest BCUT2D eigenvalue weighted by atomic mass is 35.6. The first kappa shape index (κ1) is 31.7. The van der Waals surface area contributed by atoms with Crippen LogP contribution in [0.25, 0.3) is 0 Å². The van der Waals surface area contributed by atoms with E-state index in [4.69, 9.17) is 44.1 Å². The quantitative estimate of drug-likeness (QED) is 0.206. The monoisotopic (exact) mass is 574 g/mol. The summed E-state index contributed by atoms with van der Waals surface area (Å²) < 4.78 is 32.8. The largest absolute Gasteiger partial charge is 0.445 e. The fourth-order valence-electron chi connectivity index (χ4n) is 3.19. The molecule has 3 aromatic rings. The molecule has 11 heteroatoms. The van der Waals surface area contributed by atoms with Gasteiger partial charge in [-0.15, -0.1) is 0 Å². The van der Waals surface area contributed by atoms with Gasteiger partial charge in [-0.05, 0) is 48.7 Å². The van der Waals surface area contributed by atoms with Crippen LogP contribution in [-0.4, -0.2) is 29.5 Å². The number of alkyl halides is 3. The maximum absolute atomic E-state index is 11.8. The number of anilines is 1. The first-order valence-electron chi connectivity index (χ1n) is 10.6. The summed E-state index contributed by atoms with van der Waals surface area (Å²) in [6, 6.07) is 23.9. The number of rotatable bonds is 6. The first-order chi connectivity index (χ1) is 16.4. The van der Waals surface area contributed by atoms with Crippen molar-refractivity contribution in [2.75, 3.05) is 11.9 Å². The van der Waals surface area contributed by atoms with Crippen LogP contribution in [0.2, 0.25) is 0 Å². The molecule has 0 bridgehead atoms. The summed E-state index contributed by atoms with van der Waals surface area (Å²) >= 11 is 16.7. The van der Waals surface area contributed by atoms with E-state index in [0.717, 1.165) is 17.5 Å². The molecule has 36 heavy (non-hydrogen) atoms. The number of hydrogen-bond acceptors (Lipinski definition) is 5. The Balaban J connectivity index is 0.000000454. The van der Waals surface area contributed by atoms with Crippen LogP contribution in [-0.2, 0) is 14.9 Å². The Morgan fingerprint density at radius 1 is 0.972 bits per heavy atom. The lowest BCUT2D eigenvalue weighted by Crippen LogP contribution is -2.21. The molecule has 1 atom stereocenters. The van der Waals surface area contributed by atoms with Gasteiger partial charge < -0.3 is 10.9 Å². The van der Waals surface area contributed by atoms with Gasteiger partial charge in [-0.3, -0.25) is 9.87 Å². The van der Waals surface area contributed by atoms with E-state index in [0.29, 0.717) is 5.69 Å². The summed E-state index contributed by atoms with van der Waals surface area (Å²) in [5.74, 6) is 0.255. The number of benzene rings is 3. The zero-order chi connectivity index (χ0) is 26.1. The molecule has 0 heterocycles. The molecule has 0 saturated heterocycles. The van der Waals surface area contributed by atoms with E-state index in [1.54, 1.807) is 18.2 Å². The van der Waals surface area contributed by atoms with Crippen LogP contribution in [0.15, 0.2) is 83.8 Å². The van der Waals surface area contributed by atoms with Crippen molar-refractivity contribution >= 4 is 56.7 Å². The molecule has 0 saturated carbocycles. The van der Waals surface area contributed by atoms with E-state index in [9.17, 15) is 13.2 Å². The molecule has 0 aliphatic rings. The smallest absolute Gasteiger partial charge is 0.411 e. The molecule has 0 aliphatic carbocycles. The van der Waals surface area contributed by atoms with Gasteiger partial charge in [0.15, 0.2) is 0 Å². The second-order valence-electron chi connectivity index (χ2n) is 7.60. The molecular formula is C25H29Cl3N2O5S. The Hall–Kier alpha value is -2.33. The average molecular weight is 576 g/mol. The Kier molecular flexibility index (Phi) is 12.7. The highest BCUT2D eigenvalue weighted by Crippen LogP contribution is 2.29. The van der Waals surface area contributed by atoms with Crippen molar-refractivity contribution in [1.82, 2.24) is 6.15 Å². The highest BCUT2D eigenvalue weighted by Gasteiger charge is 2.22. The lowest BCUT2D eigenvalue weighted by molar-refractivity contribution is 0.164. The molecule has 1 unspecified atom stereocenters. The van der Waals surface area contributed by atoms with Crippen molar-refractivity contribution in [1.29, 1.82) is 0 Å². The van der Waals surface area contributed by atoms with Crippen LogP contribution in [0.3, 0.4) is 0 Å². The van der Waals surface area contributed by atoms with Crippen LogP contribution in [0.1, 0.15) is 36.0 Å². The third-order valence-corrected chi connectivity index (χ3v) is 6.03. The summed E-state index contributed by atoms with van der Waals surface area (Å²) in [6.07, 6.45) is 0.289. The molecule has 5 N–H and O–H groups in total. The summed E-state index contributed by atoms with van der Waals surface area (Å²) in [5.41, 5.74) is 3.94. The van der Waals surface area contributed by atoms with Crippen molar-refractivity contribution in [3.63, 3.8) is 0 Å². The van der Waals surface area contributed by atoms with Gasteiger partial charge in [-0.2, -0.15) is 8.42 Å². The van der Waals surface area contributed by atoms with Gasteiger partial charge in [0.1, 0.15) is 6.61 Å². The van der Waals surface area contributed by atoms with Crippen LogP contribution in [0.5, 0.6) is 0 Å². The van der Waals surface area contributed by atoms with Crippen LogP contribution < -0.4 is 11.5 Å². The van der Waals surface area contributed by atoms with Crippen molar-refractivity contribution in [2.24, 2.45) is 0 Å². The number of halogens is 3. The average Bonchev–Trinajstić information content (AvgIpc) is 2.79.